The van der Waals surface area contributed by atoms with Gasteiger partial charge in [-0.05, 0) is 95.6 Å². The molecule has 0 aliphatic carbocycles. The molecule has 2 aliphatic heterocycles. The van der Waals surface area contributed by atoms with Crippen LogP contribution in [0.5, 0.6) is 11.5 Å². The van der Waals surface area contributed by atoms with Crippen molar-refractivity contribution in [3.8, 4) is 11.5 Å². The fraction of sp³-hybridized carbons (Fsp3) is 0.370. The molecule has 0 spiro atoms. The van der Waals surface area contributed by atoms with Gasteiger partial charge in [-0.15, -0.1) is 0 Å². The molecule has 2 heterocycles. The quantitative estimate of drug-likeness (QED) is 0.267. The molecule has 2 aromatic carbocycles. The lowest BCUT2D eigenvalue weighted by molar-refractivity contribution is -0.135. The number of carbonyl (C=O) groups excluding carboxylic acids is 3. The fourth-order valence-electron chi connectivity index (χ4n) is 4.20. The number of benzene rings is 2. The van der Waals surface area contributed by atoms with E-state index in [1.54, 1.807) is 29.2 Å². The number of imide groups is 1. The monoisotopic (exact) mass is 638 g/mol. The summed E-state index contributed by atoms with van der Waals surface area (Å²) >= 11 is 2.94. The Morgan fingerprint density at radius 1 is 1.11 bits per heavy atom. The van der Waals surface area contributed by atoms with Gasteiger partial charge >= 0.3 is 0 Å². The van der Waals surface area contributed by atoms with Gasteiger partial charge in [-0.2, -0.15) is 0 Å². The van der Waals surface area contributed by atoms with Crippen LogP contribution in [-0.2, 0) is 16.2 Å². The van der Waals surface area contributed by atoms with Crippen LogP contribution in [0.4, 0.5) is 9.18 Å². The van der Waals surface area contributed by atoms with E-state index in [-0.39, 0.29) is 29.8 Å². The van der Waals surface area contributed by atoms with E-state index < -0.39 is 11.1 Å². The van der Waals surface area contributed by atoms with E-state index in [0.29, 0.717) is 42.3 Å². The molecule has 0 N–H and O–H groups in total. The minimum absolute atomic E-state index is 0.164. The second-order valence-electron chi connectivity index (χ2n) is 8.74. The largest absolute Gasteiger partial charge is 0.490 e. The minimum atomic E-state index is -0.474. The number of hydrogen-bond acceptors (Lipinski definition) is 6. The predicted octanol–water partition coefficient (Wildman–Crippen LogP) is 5.85. The fourth-order valence-corrected chi connectivity index (χ4v) is 5.82. The van der Waals surface area contributed by atoms with Gasteiger partial charge in [-0.1, -0.05) is 25.0 Å². The Hall–Kier alpha value is -2.60. The molecule has 2 aromatic rings. The molecular formula is C27H28FIN2O5S. The summed E-state index contributed by atoms with van der Waals surface area (Å²) in [7, 11) is 0. The maximum absolute atomic E-state index is 13.5. The molecule has 196 valence electrons. The van der Waals surface area contributed by atoms with E-state index >= 15 is 0 Å². The molecule has 3 amide bonds. The number of carbonyl (C=O) groups is 3. The zero-order chi connectivity index (χ0) is 26.4. The molecule has 10 heteroatoms. The third kappa shape index (κ3) is 7.04. The van der Waals surface area contributed by atoms with Crippen molar-refractivity contribution in [3.63, 3.8) is 0 Å². The molecule has 0 aromatic heterocycles. The molecule has 7 nitrogen and oxygen atoms in total. The smallest absolute Gasteiger partial charge is 0.294 e. The lowest BCUT2D eigenvalue weighted by Crippen LogP contribution is -2.42. The highest BCUT2D eigenvalue weighted by Crippen LogP contribution is 2.38. The third-order valence-electron chi connectivity index (χ3n) is 6.03. The number of rotatable bonds is 8. The molecule has 2 aliphatic rings. The number of hydrogen-bond donors (Lipinski definition) is 0. The highest BCUT2D eigenvalue weighted by Gasteiger charge is 2.37. The van der Waals surface area contributed by atoms with Crippen LogP contribution < -0.4 is 9.47 Å². The number of thioether (sulfide) groups is 1. The Balaban J connectivity index is 1.49. The van der Waals surface area contributed by atoms with Gasteiger partial charge in [0, 0.05) is 13.1 Å². The summed E-state index contributed by atoms with van der Waals surface area (Å²) in [5, 5.41) is -0.450. The van der Waals surface area contributed by atoms with Crippen molar-refractivity contribution < 1.29 is 28.2 Å². The molecule has 0 bridgehead atoms. The molecule has 0 unspecified atom stereocenters. The van der Waals surface area contributed by atoms with Gasteiger partial charge in [0.25, 0.3) is 11.1 Å². The zero-order valence-electron chi connectivity index (χ0n) is 20.5. The van der Waals surface area contributed by atoms with Crippen molar-refractivity contribution in [2.45, 2.75) is 39.2 Å². The lowest BCUT2D eigenvalue weighted by atomic mass is 10.1. The van der Waals surface area contributed by atoms with Gasteiger partial charge in [0.15, 0.2) is 11.5 Å². The molecule has 2 saturated heterocycles. The van der Waals surface area contributed by atoms with Crippen molar-refractivity contribution >= 4 is 57.5 Å². The van der Waals surface area contributed by atoms with Gasteiger partial charge in [-0.3, -0.25) is 19.3 Å². The van der Waals surface area contributed by atoms with Gasteiger partial charge in [0.1, 0.15) is 19.0 Å². The van der Waals surface area contributed by atoms with Gasteiger partial charge in [0.2, 0.25) is 5.91 Å². The van der Waals surface area contributed by atoms with Crippen molar-refractivity contribution in [2.24, 2.45) is 0 Å². The van der Waals surface area contributed by atoms with Crippen LogP contribution >= 0.6 is 34.4 Å². The van der Waals surface area contributed by atoms with Crippen molar-refractivity contribution in [2.75, 3.05) is 26.2 Å². The maximum atomic E-state index is 13.5. The van der Waals surface area contributed by atoms with Crippen molar-refractivity contribution in [3.05, 3.63) is 61.8 Å². The van der Waals surface area contributed by atoms with Crippen LogP contribution in [-0.4, -0.2) is 53.1 Å². The topological polar surface area (TPSA) is 76.2 Å². The van der Waals surface area contributed by atoms with Crippen LogP contribution in [0.25, 0.3) is 6.08 Å². The molecule has 4 rings (SSSR count). The van der Waals surface area contributed by atoms with E-state index in [4.69, 9.17) is 9.47 Å². The first-order valence-corrected chi connectivity index (χ1v) is 14.1. The average molecular weight is 638 g/mol. The maximum Gasteiger partial charge on any atom is 0.294 e. The summed E-state index contributed by atoms with van der Waals surface area (Å²) in [4.78, 5) is 41.4. The predicted molar refractivity (Wildman–Crippen MR) is 149 cm³/mol. The number of likely N-dealkylation sites (tertiary alicyclic amines) is 1. The summed E-state index contributed by atoms with van der Waals surface area (Å²) in [6, 6.07) is 9.75. The van der Waals surface area contributed by atoms with Gasteiger partial charge < -0.3 is 14.4 Å². The van der Waals surface area contributed by atoms with Crippen LogP contribution in [0.15, 0.2) is 41.3 Å². The van der Waals surface area contributed by atoms with E-state index in [2.05, 4.69) is 22.6 Å². The standard InChI is InChI=1S/C27H28FIN2O5S/c1-2-35-22-14-19(13-21(29)25(22)36-17-18-8-7-9-20(28)12-18)15-23-26(33)31(27(34)37-23)16-24(32)30-10-5-3-4-6-11-30/h7-9,12-15H,2-6,10-11,16-17H2,1H3. The number of amides is 3. The Kier molecular flexibility index (Phi) is 9.47. The molecule has 37 heavy (non-hydrogen) atoms. The molecular weight excluding hydrogens is 610 g/mol. The van der Waals surface area contributed by atoms with Crippen LogP contribution in [0, 0.1) is 9.39 Å². The average Bonchev–Trinajstić information content (AvgIpc) is 3.04. The van der Waals surface area contributed by atoms with Crippen LogP contribution in [0.1, 0.15) is 43.7 Å². The van der Waals surface area contributed by atoms with E-state index in [9.17, 15) is 18.8 Å². The summed E-state index contributed by atoms with van der Waals surface area (Å²) in [5.74, 6) is -0.0121. The van der Waals surface area contributed by atoms with E-state index in [1.165, 1.54) is 12.1 Å². The lowest BCUT2D eigenvalue weighted by Gasteiger charge is -2.22. The summed E-state index contributed by atoms with van der Waals surface area (Å²) in [5.41, 5.74) is 1.35. The van der Waals surface area contributed by atoms with Crippen molar-refractivity contribution in [1.29, 1.82) is 0 Å². The first-order chi connectivity index (χ1) is 17.9. The molecule has 0 atom stereocenters. The Labute approximate surface area is 233 Å². The van der Waals surface area contributed by atoms with E-state index in [1.807, 2.05) is 13.0 Å². The SMILES string of the molecule is CCOc1cc(C=C2SC(=O)N(CC(=O)N3CCCCCC3)C2=O)cc(I)c1OCc1cccc(F)c1. The highest BCUT2D eigenvalue weighted by atomic mass is 127. The Morgan fingerprint density at radius 3 is 2.57 bits per heavy atom. The summed E-state index contributed by atoms with van der Waals surface area (Å²) in [6.07, 6.45) is 5.69. The highest BCUT2D eigenvalue weighted by molar-refractivity contribution is 14.1. The van der Waals surface area contributed by atoms with Crippen LogP contribution in [0.2, 0.25) is 0 Å². The van der Waals surface area contributed by atoms with Gasteiger partial charge in [0.05, 0.1) is 15.1 Å². The Morgan fingerprint density at radius 2 is 1.86 bits per heavy atom. The summed E-state index contributed by atoms with van der Waals surface area (Å²) < 4.78 is 26.0. The second-order valence-corrected chi connectivity index (χ2v) is 10.9. The molecule has 0 saturated carbocycles. The number of halogens is 2. The molecule has 2 fully saturated rings. The Bertz CT molecular complexity index is 1210. The van der Waals surface area contributed by atoms with Crippen molar-refractivity contribution in [1.82, 2.24) is 9.80 Å². The first kappa shape index (κ1) is 27.4. The second kappa shape index (κ2) is 12.8. The normalized spacial score (nSPS) is 17.3. The molecule has 0 radical (unpaired) electrons. The number of nitrogens with zero attached hydrogens (tertiary/aromatic N) is 2. The first-order valence-electron chi connectivity index (χ1n) is 12.2. The summed E-state index contributed by atoms with van der Waals surface area (Å²) in [6.45, 7) is 3.50. The zero-order valence-corrected chi connectivity index (χ0v) is 23.5. The van der Waals surface area contributed by atoms with Gasteiger partial charge in [-0.25, -0.2) is 4.39 Å². The third-order valence-corrected chi connectivity index (χ3v) is 7.74. The minimum Gasteiger partial charge on any atom is -0.490 e. The van der Waals surface area contributed by atoms with Crippen LogP contribution in [0.3, 0.4) is 0 Å². The van der Waals surface area contributed by atoms with E-state index in [0.717, 1.165) is 45.9 Å². The number of ether oxygens (including phenoxy) is 2.